The van der Waals surface area contributed by atoms with Crippen LogP contribution in [0.15, 0.2) is 72.9 Å². The highest BCUT2D eigenvalue weighted by atomic mass is 19.1. The van der Waals surface area contributed by atoms with Gasteiger partial charge in [-0.05, 0) is 79.4 Å². The molecule has 0 unspecified atom stereocenters. The first kappa shape index (κ1) is 25.0. The fourth-order valence-corrected chi connectivity index (χ4v) is 5.06. The fourth-order valence-electron chi connectivity index (χ4n) is 5.06. The standard InChI is InChI=1S/C31H32F2N4/c1-3-4-16-37(2)17-15-21-18-23(13-14-28(21)32)35-31-34-20-22-19-27(25-10-7-8-12-29(25)33)24-9-5-6-11-26(24)30(22)36-31/h5-14,18,20,27H,3-4,15-17,19H2,1-2H3,(H,34,35,36)/t27-/m1/s1. The number of benzene rings is 3. The summed E-state index contributed by atoms with van der Waals surface area (Å²) in [5.74, 6) is -0.0412. The van der Waals surface area contributed by atoms with Gasteiger partial charge in [0.1, 0.15) is 11.6 Å². The van der Waals surface area contributed by atoms with E-state index in [0.29, 0.717) is 29.9 Å². The second kappa shape index (κ2) is 11.2. The molecule has 1 atom stereocenters. The average Bonchev–Trinajstić information content (AvgIpc) is 2.92. The predicted octanol–water partition coefficient (Wildman–Crippen LogP) is 7.13. The van der Waals surface area contributed by atoms with Gasteiger partial charge in [-0.1, -0.05) is 55.8 Å². The van der Waals surface area contributed by atoms with Gasteiger partial charge in [0.25, 0.3) is 0 Å². The highest BCUT2D eigenvalue weighted by molar-refractivity contribution is 5.73. The van der Waals surface area contributed by atoms with Crippen molar-refractivity contribution < 1.29 is 8.78 Å². The summed E-state index contributed by atoms with van der Waals surface area (Å²) in [6.07, 6.45) is 5.37. The minimum atomic E-state index is -0.200. The largest absolute Gasteiger partial charge is 0.324 e. The molecule has 0 saturated heterocycles. The number of likely N-dealkylation sites (N-methyl/N-ethyl adjacent to an activating group) is 1. The zero-order valence-electron chi connectivity index (χ0n) is 21.3. The molecular weight excluding hydrogens is 466 g/mol. The van der Waals surface area contributed by atoms with Crippen LogP contribution in [-0.2, 0) is 12.8 Å². The Balaban J connectivity index is 1.38. The maximum absolute atomic E-state index is 14.7. The van der Waals surface area contributed by atoms with Gasteiger partial charge in [-0.15, -0.1) is 0 Å². The summed E-state index contributed by atoms with van der Waals surface area (Å²) in [4.78, 5) is 11.6. The van der Waals surface area contributed by atoms with E-state index >= 15 is 0 Å². The molecule has 1 heterocycles. The van der Waals surface area contributed by atoms with Crippen LogP contribution in [0.5, 0.6) is 0 Å². The van der Waals surface area contributed by atoms with Gasteiger partial charge >= 0.3 is 0 Å². The van der Waals surface area contributed by atoms with Crippen molar-refractivity contribution in [1.82, 2.24) is 14.9 Å². The quantitative estimate of drug-likeness (QED) is 0.267. The molecule has 1 N–H and O–H groups in total. The average molecular weight is 499 g/mol. The van der Waals surface area contributed by atoms with E-state index in [1.54, 1.807) is 12.1 Å². The number of unbranched alkanes of at least 4 members (excludes halogenated alkanes) is 1. The molecule has 5 rings (SSSR count). The summed E-state index contributed by atoms with van der Waals surface area (Å²) in [6.45, 7) is 3.99. The minimum absolute atomic E-state index is 0.0950. The maximum Gasteiger partial charge on any atom is 0.227 e. The zero-order valence-corrected chi connectivity index (χ0v) is 21.3. The SMILES string of the molecule is CCCCN(C)CCc1cc(Nc2ncc3c(n2)-c2ccccc2[C@H](c2ccccc2F)C3)ccc1F. The third kappa shape index (κ3) is 5.54. The van der Waals surface area contributed by atoms with Crippen LogP contribution >= 0.6 is 0 Å². The van der Waals surface area contributed by atoms with Gasteiger partial charge < -0.3 is 10.2 Å². The number of nitrogens with one attached hydrogen (secondary N) is 1. The van der Waals surface area contributed by atoms with Gasteiger partial charge in [-0.25, -0.2) is 18.7 Å². The van der Waals surface area contributed by atoms with Crippen molar-refractivity contribution in [3.8, 4) is 11.3 Å². The number of hydrogen-bond acceptors (Lipinski definition) is 4. The predicted molar refractivity (Wildman–Crippen MR) is 145 cm³/mol. The first-order valence-corrected chi connectivity index (χ1v) is 13.0. The Morgan fingerprint density at radius 2 is 1.73 bits per heavy atom. The van der Waals surface area contributed by atoms with E-state index in [1.165, 1.54) is 12.1 Å². The third-order valence-corrected chi connectivity index (χ3v) is 7.12. The van der Waals surface area contributed by atoms with Crippen LogP contribution in [0, 0.1) is 11.6 Å². The third-order valence-electron chi connectivity index (χ3n) is 7.12. The van der Waals surface area contributed by atoms with Gasteiger partial charge in [0.2, 0.25) is 5.95 Å². The number of nitrogens with zero attached hydrogens (tertiary/aromatic N) is 3. The van der Waals surface area contributed by atoms with E-state index < -0.39 is 0 Å². The van der Waals surface area contributed by atoms with Crippen LogP contribution in [0.4, 0.5) is 20.4 Å². The molecule has 37 heavy (non-hydrogen) atoms. The summed E-state index contributed by atoms with van der Waals surface area (Å²) >= 11 is 0. The van der Waals surface area contributed by atoms with Crippen LogP contribution in [0.2, 0.25) is 0 Å². The van der Waals surface area contributed by atoms with E-state index in [0.717, 1.165) is 54.0 Å². The van der Waals surface area contributed by atoms with E-state index in [2.05, 4.69) is 29.2 Å². The first-order valence-electron chi connectivity index (χ1n) is 13.0. The van der Waals surface area contributed by atoms with Gasteiger partial charge in [0.15, 0.2) is 0 Å². The molecule has 0 spiro atoms. The van der Waals surface area contributed by atoms with Crippen molar-refractivity contribution in [1.29, 1.82) is 0 Å². The Labute approximate surface area is 217 Å². The Morgan fingerprint density at radius 1 is 0.946 bits per heavy atom. The number of anilines is 2. The number of hydrogen-bond donors (Lipinski definition) is 1. The van der Waals surface area contributed by atoms with E-state index in [1.807, 2.05) is 48.7 Å². The minimum Gasteiger partial charge on any atom is -0.324 e. The van der Waals surface area contributed by atoms with Crippen LogP contribution in [-0.4, -0.2) is 35.0 Å². The molecule has 0 saturated carbocycles. The van der Waals surface area contributed by atoms with Crippen LogP contribution in [0.25, 0.3) is 11.3 Å². The fraction of sp³-hybridized carbons (Fsp3) is 0.290. The topological polar surface area (TPSA) is 41.0 Å². The molecule has 0 amide bonds. The molecule has 0 fully saturated rings. The van der Waals surface area contributed by atoms with E-state index in [-0.39, 0.29) is 17.6 Å². The van der Waals surface area contributed by atoms with Crippen molar-refractivity contribution in [3.63, 3.8) is 0 Å². The Kier molecular flexibility index (Phi) is 7.56. The molecule has 6 heteroatoms. The van der Waals surface area contributed by atoms with Crippen LogP contribution in [0.3, 0.4) is 0 Å². The lowest BCUT2D eigenvalue weighted by atomic mass is 9.78. The van der Waals surface area contributed by atoms with Gasteiger partial charge in [0.05, 0.1) is 5.69 Å². The monoisotopic (exact) mass is 498 g/mol. The molecule has 4 nitrogen and oxygen atoms in total. The molecule has 0 aliphatic heterocycles. The Morgan fingerprint density at radius 3 is 2.54 bits per heavy atom. The summed E-state index contributed by atoms with van der Waals surface area (Å²) in [6, 6.07) is 20.0. The number of aromatic nitrogens is 2. The number of rotatable bonds is 9. The molecule has 1 aliphatic rings. The van der Waals surface area contributed by atoms with E-state index in [9.17, 15) is 8.78 Å². The summed E-state index contributed by atoms with van der Waals surface area (Å²) in [5.41, 5.74) is 5.97. The summed E-state index contributed by atoms with van der Waals surface area (Å²) in [7, 11) is 2.07. The van der Waals surface area contributed by atoms with Crippen molar-refractivity contribution in [2.75, 3.05) is 25.5 Å². The zero-order chi connectivity index (χ0) is 25.8. The molecule has 3 aromatic carbocycles. The highest BCUT2D eigenvalue weighted by Crippen LogP contribution is 2.42. The van der Waals surface area contributed by atoms with Gasteiger partial charge in [0, 0.05) is 29.9 Å². The lowest BCUT2D eigenvalue weighted by Crippen LogP contribution is -2.22. The molecule has 4 aromatic rings. The molecule has 1 aromatic heterocycles. The summed E-state index contributed by atoms with van der Waals surface area (Å²) in [5, 5.41) is 3.26. The Bertz CT molecular complexity index is 1390. The van der Waals surface area contributed by atoms with Gasteiger partial charge in [-0.2, -0.15) is 0 Å². The second-order valence-electron chi connectivity index (χ2n) is 9.77. The molecule has 0 bridgehead atoms. The van der Waals surface area contributed by atoms with E-state index in [4.69, 9.17) is 4.98 Å². The normalized spacial score (nSPS) is 14.4. The van der Waals surface area contributed by atoms with Crippen LogP contribution in [0.1, 0.15) is 47.9 Å². The first-order chi connectivity index (χ1) is 18.0. The van der Waals surface area contributed by atoms with Crippen molar-refractivity contribution >= 4 is 11.6 Å². The number of fused-ring (bicyclic) bond motifs is 3. The Hall–Kier alpha value is -3.64. The molecular formula is C31H32F2N4. The maximum atomic E-state index is 14.7. The summed E-state index contributed by atoms with van der Waals surface area (Å²) < 4.78 is 29.2. The lowest BCUT2D eigenvalue weighted by Gasteiger charge is -2.27. The smallest absolute Gasteiger partial charge is 0.227 e. The highest BCUT2D eigenvalue weighted by Gasteiger charge is 2.29. The van der Waals surface area contributed by atoms with Crippen molar-refractivity contribution in [2.45, 2.75) is 38.5 Å². The van der Waals surface area contributed by atoms with Gasteiger partial charge in [-0.3, -0.25) is 0 Å². The molecule has 1 aliphatic carbocycles. The van der Waals surface area contributed by atoms with Crippen LogP contribution < -0.4 is 5.32 Å². The lowest BCUT2D eigenvalue weighted by molar-refractivity contribution is 0.330. The molecule has 190 valence electrons. The molecule has 0 radical (unpaired) electrons. The van der Waals surface area contributed by atoms with Crippen molar-refractivity contribution in [3.05, 3.63) is 107 Å². The van der Waals surface area contributed by atoms with Crippen molar-refractivity contribution in [2.24, 2.45) is 0 Å². The number of halogens is 2. The second-order valence-corrected chi connectivity index (χ2v) is 9.77.